The average molecular weight is 515 g/mol. The van der Waals surface area contributed by atoms with Crippen molar-refractivity contribution in [3.63, 3.8) is 0 Å². The van der Waals surface area contributed by atoms with Gasteiger partial charge in [-0.15, -0.1) is 11.3 Å². The van der Waals surface area contributed by atoms with E-state index < -0.39 is 11.9 Å². The lowest BCUT2D eigenvalue weighted by Crippen LogP contribution is -2.13. The summed E-state index contributed by atoms with van der Waals surface area (Å²) in [5, 5.41) is 18.8. The van der Waals surface area contributed by atoms with E-state index in [0.717, 1.165) is 21.4 Å². The molecule has 0 amide bonds. The van der Waals surface area contributed by atoms with Crippen LogP contribution in [0.1, 0.15) is 20.7 Å². The second-order valence-corrected chi connectivity index (χ2v) is 8.85. The molecule has 0 saturated heterocycles. The van der Waals surface area contributed by atoms with Crippen LogP contribution in [0, 0.1) is 0 Å². The molecule has 1 aromatic heterocycles. The maximum atomic E-state index is 11.5. The predicted octanol–water partition coefficient (Wildman–Crippen LogP) is 4.30. The summed E-state index contributed by atoms with van der Waals surface area (Å²) in [6.07, 6.45) is 0. The minimum absolute atomic E-state index is 0.0786. The molecule has 2 heterocycles. The van der Waals surface area contributed by atoms with Crippen molar-refractivity contribution in [3.05, 3.63) is 59.7 Å². The Morgan fingerprint density at radius 1 is 0.583 bits per heavy atom. The molecule has 2 N–H and O–H groups in total. The fourth-order valence-electron chi connectivity index (χ4n) is 3.52. The maximum Gasteiger partial charge on any atom is 0.335 e. The molecule has 10 heteroatoms. The lowest BCUT2D eigenvalue weighted by atomic mass is 10.0. The zero-order valence-electron chi connectivity index (χ0n) is 19.4. The van der Waals surface area contributed by atoms with Gasteiger partial charge in [-0.3, -0.25) is 0 Å². The van der Waals surface area contributed by atoms with Gasteiger partial charge in [0.05, 0.1) is 50.8 Å². The second kappa shape index (κ2) is 12.5. The Morgan fingerprint density at radius 3 is 1.64 bits per heavy atom. The van der Waals surface area contributed by atoms with E-state index in [1.54, 1.807) is 0 Å². The van der Waals surface area contributed by atoms with Crippen molar-refractivity contribution in [2.75, 3.05) is 52.9 Å². The van der Waals surface area contributed by atoms with Gasteiger partial charge >= 0.3 is 11.9 Å². The molecule has 190 valence electrons. The summed E-state index contributed by atoms with van der Waals surface area (Å²) in [4.78, 5) is 24.6. The lowest BCUT2D eigenvalue weighted by Gasteiger charge is -2.14. The largest absolute Gasteiger partial charge is 0.487 e. The predicted molar refractivity (Wildman–Crippen MR) is 133 cm³/mol. The van der Waals surface area contributed by atoms with E-state index in [1.807, 2.05) is 30.3 Å². The quantitative estimate of drug-likeness (QED) is 0.525. The van der Waals surface area contributed by atoms with E-state index in [4.69, 9.17) is 23.7 Å². The molecule has 3 aromatic rings. The van der Waals surface area contributed by atoms with Gasteiger partial charge in [0.15, 0.2) is 11.5 Å². The molecule has 0 bridgehead atoms. The van der Waals surface area contributed by atoms with Gasteiger partial charge in [0.1, 0.15) is 13.2 Å². The number of carboxylic acid groups (broad SMARTS) is 2. The molecule has 1 aliphatic heterocycles. The van der Waals surface area contributed by atoms with Crippen LogP contribution >= 0.6 is 11.3 Å². The number of carbonyl (C=O) groups is 2. The van der Waals surface area contributed by atoms with Gasteiger partial charge in [-0.2, -0.15) is 0 Å². The minimum atomic E-state index is -1.18. The van der Waals surface area contributed by atoms with Gasteiger partial charge in [-0.25, -0.2) is 9.59 Å². The summed E-state index contributed by atoms with van der Waals surface area (Å²) in [5.74, 6) is -1.21. The first-order valence-electron chi connectivity index (χ1n) is 11.4. The second-order valence-electron chi connectivity index (χ2n) is 7.77. The third-order valence-corrected chi connectivity index (χ3v) is 6.44. The molecule has 0 unspecified atom stereocenters. The van der Waals surface area contributed by atoms with Crippen molar-refractivity contribution in [3.8, 4) is 32.4 Å². The molecule has 0 spiro atoms. The average Bonchev–Trinajstić information content (AvgIpc) is 3.36. The van der Waals surface area contributed by atoms with Crippen LogP contribution in [0.3, 0.4) is 0 Å². The number of rotatable bonds is 4. The van der Waals surface area contributed by atoms with Gasteiger partial charge < -0.3 is 33.9 Å². The Labute approximate surface area is 211 Å². The summed E-state index contributed by atoms with van der Waals surface area (Å²) < 4.78 is 28.3. The van der Waals surface area contributed by atoms with E-state index >= 15 is 0 Å². The Bertz CT molecular complexity index is 1170. The zero-order valence-corrected chi connectivity index (χ0v) is 20.3. The Balaban J connectivity index is 1.57. The standard InChI is InChI=1S/C26H26O9S/c27-25(28)19-13-18(14-20(15-19)26(29)30)24-4-3-23(36-24)17-1-2-21-22(16-17)35-12-10-33-8-6-31-5-7-32-9-11-34-21/h1-4,13-16H,5-12H2,(H,27,28)(H,29,30). The molecule has 9 nitrogen and oxygen atoms in total. The van der Waals surface area contributed by atoms with Gasteiger partial charge in [-0.05, 0) is 59.7 Å². The molecule has 0 atom stereocenters. The van der Waals surface area contributed by atoms with Crippen LogP contribution in [0.4, 0.5) is 0 Å². The van der Waals surface area contributed by atoms with E-state index in [0.29, 0.717) is 69.9 Å². The van der Waals surface area contributed by atoms with Crippen LogP contribution in [0.15, 0.2) is 48.5 Å². The maximum absolute atomic E-state index is 11.5. The van der Waals surface area contributed by atoms with Gasteiger partial charge in [-0.1, -0.05) is 0 Å². The first kappa shape index (κ1) is 25.6. The van der Waals surface area contributed by atoms with E-state index in [2.05, 4.69) is 0 Å². The summed E-state index contributed by atoms with van der Waals surface area (Å²) in [6.45, 7) is 3.47. The number of fused-ring (bicyclic) bond motifs is 1. The minimum Gasteiger partial charge on any atom is -0.487 e. The normalized spacial score (nSPS) is 15.4. The Hall–Kier alpha value is -3.44. The number of carboxylic acids is 2. The molecule has 0 radical (unpaired) electrons. The van der Waals surface area contributed by atoms with Crippen molar-refractivity contribution in [1.82, 2.24) is 0 Å². The van der Waals surface area contributed by atoms with E-state index in [-0.39, 0.29) is 11.1 Å². The highest BCUT2D eigenvalue weighted by Gasteiger charge is 2.15. The van der Waals surface area contributed by atoms with Crippen molar-refractivity contribution in [2.45, 2.75) is 0 Å². The number of ether oxygens (including phenoxy) is 5. The van der Waals surface area contributed by atoms with Crippen molar-refractivity contribution < 1.29 is 43.5 Å². The van der Waals surface area contributed by atoms with Gasteiger partial charge in [0.25, 0.3) is 0 Å². The fraction of sp³-hybridized carbons (Fsp3) is 0.308. The van der Waals surface area contributed by atoms with E-state index in [1.165, 1.54) is 23.5 Å². The van der Waals surface area contributed by atoms with Crippen molar-refractivity contribution in [1.29, 1.82) is 0 Å². The zero-order chi connectivity index (χ0) is 25.3. The highest BCUT2D eigenvalue weighted by atomic mass is 32.1. The van der Waals surface area contributed by atoms with Crippen LogP contribution in [0.5, 0.6) is 11.5 Å². The Morgan fingerprint density at radius 2 is 1.08 bits per heavy atom. The van der Waals surface area contributed by atoms with Crippen LogP contribution in [-0.4, -0.2) is 75.0 Å². The lowest BCUT2D eigenvalue weighted by molar-refractivity contribution is 0.00708. The van der Waals surface area contributed by atoms with Crippen LogP contribution < -0.4 is 9.47 Å². The topological polar surface area (TPSA) is 121 Å². The number of benzene rings is 2. The molecular formula is C26H26O9S. The van der Waals surface area contributed by atoms with Crippen molar-refractivity contribution >= 4 is 23.3 Å². The SMILES string of the molecule is O=C(O)c1cc(C(=O)O)cc(-c2ccc(-c3ccc4c(c3)OCCOCCOCCOCCO4)s2)c1. The first-order valence-corrected chi connectivity index (χ1v) is 12.2. The number of aromatic carboxylic acids is 2. The van der Waals surface area contributed by atoms with Crippen LogP contribution in [0.2, 0.25) is 0 Å². The third kappa shape index (κ3) is 6.82. The monoisotopic (exact) mass is 514 g/mol. The van der Waals surface area contributed by atoms with Crippen LogP contribution in [-0.2, 0) is 14.2 Å². The van der Waals surface area contributed by atoms with E-state index in [9.17, 15) is 19.8 Å². The highest BCUT2D eigenvalue weighted by Crippen LogP contribution is 2.39. The summed E-state index contributed by atoms with van der Waals surface area (Å²) in [5.41, 5.74) is 1.25. The fourth-order valence-corrected chi connectivity index (χ4v) is 4.51. The number of thiophene rings is 1. The first-order chi connectivity index (χ1) is 17.5. The van der Waals surface area contributed by atoms with Gasteiger partial charge in [0, 0.05) is 9.75 Å². The van der Waals surface area contributed by atoms with Gasteiger partial charge in [0.2, 0.25) is 0 Å². The number of hydrogen-bond donors (Lipinski definition) is 2. The molecule has 0 fully saturated rings. The van der Waals surface area contributed by atoms with Crippen LogP contribution in [0.25, 0.3) is 20.9 Å². The molecule has 2 aromatic carbocycles. The molecule has 0 saturated carbocycles. The molecular weight excluding hydrogens is 488 g/mol. The molecule has 0 aliphatic carbocycles. The summed E-state index contributed by atoms with van der Waals surface area (Å²) in [7, 11) is 0. The smallest absolute Gasteiger partial charge is 0.335 e. The third-order valence-electron chi connectivity index (χ3n) is 5.26. The molecule has 4 rings (SSSR count). The Kier molecular flexibility index (Phi) is 8.90. The highest BCUT2D eigenvalue weighted by molar-refractivity contribution is 7.18. The summed E-state index contributed by atoms with van der Waals surface area (Å²) in [6, 6.07) is 13.5. The number of hydrogen-bond acceptors (Lipinski definition) is 8. The summed E-state index contributed by atoms with van der Waals surface area (Å²) >= 11 is 1.42. The van der Waals surface area contributed by atoms with Crippen molar-refractivity contribution in [2.24, 2.45) is 0 Å². The molecule has 36 heavy (non-hydrogen) atoms. The molecule has 1 aliphatic rings.